The molecule has 0 radical (unpaired) electrons. The fourth-order valence-corrected chi connectivity index (χ4v) is 3.24. The lowest BCUT2D eigenvalue weighted by atomic mass is 9.60. The third-order valence-electron chi connectivity index (χ3n) is 3.62. The monoisotopic (exact) mass is 152 g/mol. The second-order valence-corrected chi connectivity index (χ2v) is 4.98. The highest BCUT2D eigenvalue weighted by atomic mass is 16.1. The minimum Gasteiger partial charge on any atom is -0.299 e. The number of rotatable bonds is 0. The third kappa shape index (κ3) is 0.800. The summed E-state index contributed by atoms with van der Waals surface area (Å²) in [4.78, 5) is 11.4. The number of hydrogen-bond acceptors (Lipinski definition) is 1. The summed E-state index contributed by atoms with van der Waals surface area (Å²) in [5, 5.41) is 0. The molecule has 11 heavy (non-hydrogen) atoms. The standard InChI is InChI=1S/C10H16O/c1-6-4-7-8(11)5-10(2,3)9(6)7/h6-7,9H,4-5H2,1-3H3/t6-,7?,9?/m1/s1. The Kier molecular flexibility index (Phi) is 1.25. The molecule has 1 heteroatoms. The van der Waals surface area contributed by atoms with Crippen LogP contribution in [-0.2, 0) is 4.79 Å². The predicted molar refractivity (Wildman–Crippen MR) is 44.2 cm³/mol. The SMILES string of the molecule is C[C@@H]1CC2C(=O)CC(C)(C)C21. The summed E-state index contributed by atoms with van der Waals surface area (Å²) >= 11 is 0. The van der Waals surface area contributed by atoms with Crippen LogP contribution >= 0.6 is 0 Å². The largest absolute Gasteiger partial charge is 0.299 e. The van der Waals surface area contributed by atoms with Crippen molar-refractivity contribution in [1.82, 2.24) is 0 Å². The topological polar surface area (TPSA) is 17.1 Å². The molecule has 0 N–H and O–H groups in total. The summed E-state index contributed by atoms with van der Waals surface area (Å²) in [7, 11) is 0. The molecule has 0 aromatic rings. The molecule has 0 aromatic heterocycles. The van der Waals surface area contributed by atoms with Gasteiger partial charge in [-0.15, -0.1) is 0 Å². The normalized spacial score (nSPS) is 46.8. The quantitative estimate of drug-likeness (QED) is 0.520. The maximum atomic E-state index is 11.4. The fourth-order valence-electron chi connectivity index (χ4n) is 3.24. The first-order valence-electron chi connectivity index (χ1n) is 4.55. The van der Waals surface area contributed by atoms with Crippen molar-refractivity contribution in [2.75, 3.05) is 0 Å². The zero-order valence-electron chi connectivity index (χ0n) is 7.55. The zero-order valence-corrected chi connectivity index (χ0v) is 7.55. The van der Waals surface area contributed by atoms with Crippen molar-refractivity contribution in [3.05, 3.63) is 0 Å². The van der Waals surface area contributed by atoms with Gasteiger partial charge in [0.1, 0.15) is 5.78 Å². The highest BCUT2D eigenvalue weighted by molar-refractivity contribution is 5.85. The molecule has 2 aliphatic rings. The first-order chi connectivity index (χ1) is 5.02. The van der Waals surface area contributed by atoms with Gasteiger partial charge in [-0.1, -0.05) is 20.8 Å². The number of carbonyl (C=O) groups is 1. The van der Waals surface area contributed by atoms with E-state index in [0.29, 0.717) is 23.0 Å². The van der Waals surface area contributed by atoms with Crippen LogP contribution in [0.2, 0.25) is 0 Å². The van der Waals surface area contributed by atoms with Gasteiger partial charge in [-0.3, -0.25) is 4.79 Å². The van der Waals surface area contributed by atoms with Gasteiger partial charge in [0.15, 0.2) is 0 Å². The highest BCUT2D eigenvalue weighted by Crippen LogP contribution is 2.58. The maximum Gasteiger partial charge on any atom is 0.136 e. The van der Waals surface area contributed by atoms with Gasteiger partial charge in [0, 0.05) is 12.3 Å². The van der Waals surface area contributed by atoms with E-state index in [1.165, 1.54) is 0 Å². The van der Waals surface area contributed by atoms with Crippen LogP contribution in [0.15, 0.2) is 0 Å². The molecule has 0 bridgehead atoms. The number of fused-ring (bicyclic) bond motifs is 1. The second kappa shape index (κ2) is 1.88. The molecule has 0 amide bonds. The molecule has 0 saturated heterocycles. The van der Waals surface area contributed by atoms with Gasteiger partial charge >= 0.3 is 0 Å². The van der Waals surface area contributed by atoms with Crippen molar-refractivity contribution in [1.29, 1.82) is 0 Å². The lowest BCUT2D eigenvalue weighted by Crippen LogP contribution is -2.39. The Balaban J connectivity index is 2.25. The van der Waals surface area contributed by atoms with Crippen molar-refractivity contribution in [2.24, 2.45) is 23.2 Å². The lowest BCUT2D eigenvalue weighted by Gasteiger charge is -2.43. The lowest BCUT2D eigenvalue weighted by molar-refractivity contribution is -0.124. The van der Waals surface area contributed by atoms with Crippen LogP contribution in [0.3, 0.4) is 0 Å². The molecular weight excluding hydrogens is 136 g/mol. The molecule has 1 nitrogen and oxygen atoms in total. The molecule has 0 aliphatic heterocycles. The first-order valence-corrected chi connectivity index (χ1v) is 4.55. The van der Waals surface area contributed by atoms with Crippen molar-refractivity contribution in [3.8, 4) is 0 Å². The molecule has 2 saturated carbocycles. The summed E-state index contributed by atoms with van der Waals surface area (Å²) in [6.07, 6.45) is 1.99. The Labute approximate surface area is 68.2 Å². The van der Waals surface area contributed by atoms with Crippen LogP contribution in [0.4, 0.5) is 0 Å². The number of ketones is 1. The molecule has 2 fully saturated rings. The van der Waals surface area contributed by atoms with E-state index in [1.54, 1.807) is 0 Å². The van der Waals surface area contributed by atoms with E-state index in [0.717, 1.165) is 18.8 Å². The molecule has 62 valence electrons. The average molecular weight is 152 g/mol. The predicted octanol–water partition coefficient (Wildman–Crippen LogP) is 2.26. The average Bonchev–Trinajstić information content (AvgIpc) is 1.95. The highest BCUT2D eigenvalue weighted by Gasteiger charge is 2.56. The van der Waals surface area contributed by atoms with E-state index in [4.69, 9.17) is 0 Å². The Hall–Kier alpha value is -0.330. The Bertz CT molecular complexity index is 205. The van der Waals surface area contributed by atoms with Crippen molar-refractivity contribution < 1.29 is 4.79 Å². The van der Waals surface area contributed by atoms with E-state index >= 15 is 0 Å². The number of hydrogen-bond donors (Lipinski definition) is 0. The second-order valence-electron chi connectivity index (χ2n) is 4.98. The van der Waals surface area contributed by atoms with Gasteiger partial charge in [0.05, 0.1) is 0 Å². The molecular formula is C10H16O. The minimum absolute atomic E-state index is 0.305. The zero-order chi connectivity index (χ0) is 8.22. The van der Waals surface area contributed by atoms with Crippen LogP contribution in [-0.4, -0.2) is 5.78 Å². The summed E-state index contributed by atoms with van der Waals surface area (Å²) in [5.41, 5.74) is 0.305. The van der Waals surface area contributed by atoms with E-state index in [2.05, 4.69) is 20.8 Å². The summed E-state index contributed by atoms with van der Waals surface area (Å²) < 4.78 is 0. The van der Waals surface area contributed by atoms with Crippen molar-refractivity contribution in [3.63, 3.8) is 0 Å². The Morgan fingerprint density at radius 2 is 2.09 bits per heavy atom. The fraction of sp³-hybridized carbons (Fsp3) is 0.900. The van der Waals surface area contributed by atoms with Crippen molar-refractivity contribution in [2.45, 2.75) is 33.6 Å². The smallest absolute Gasteiger partial charge is 0.136 e. The molecule has 0 heterocycles. The van der Waals surface area contributed by atoms with Crippen LogP contribution in [0.5, 0.6) is 0 Å². The first kappa shape index (κ1) is 7.33. The van der Waals surface area contributed by atoms with Gasteiger partial charge in [0.2, 0.25) is 0 Å². The van der Waals surface area contributed by atoms with Gasteiger partial charge < -0.3 is 0 Å². The van der Waals surface area contributed by atoms with E-state index in [1.807, 2.05) is 0 Å². The summed E-state index contributed by atoms with van der Waals surface area (Å²) in [6.45, 7) is 6.76. The molecule has 0 spiro atoms. The van der Waals surface area contributed by atoms with E-state index in [-0.39, 0.29) is 0 Å². The number of Topliss-reactive ketones (excluding diaryl/α,β-unsaturated/α-hetero) is 1. The van der Waals surface area contributed by atoms with Crippen LogP contribution in [0.1, 0.15) is 33.6 Å². The van der Waals surface area contributed by atoms with Gasteiger partial charge in [0.25, 0.3) is 0 Å². The molecule has 0 aromatic carbocycles. The molecule has 2 aliphatic carbocycles. The third-order valence-corrected chi connectivity index (χ3v) is 3.62. The number of carbonyl (C=O) groups excluding carboxylic acids is 1. The van der Waals surface area contributed by atoms with E-state index < -0.39 is 0 Å². The van der Waals surface area contributed by atoms with Crippen LogP contribution < -0.4 is 0 Å². The Morgan fingerprint density at radius 3 is 2.45 bits per heavy atom. The Morgan fingerprint density at radius 1 is 1.45 bits per heavy atom. The van der Waals surface area contributed by atoms with Crippen LogP contribution in [0.25, 0.3) is 0 Å². The van der Waals surface area contributed by atoms with Gasteiger partial charge in [-0.25, -0.2) is 0 Å². The van der Waals surface area contributed by atoms with Gasteiger partial charge in [-0.2, -0.15) is 0 Å². The maximum absolute atomic E-state index is 11.4. The minimum atomic E-state index is 0.305. The summed E-state index contributed by atoms with van der Waals surface area (Å²) in [6, 6.07) is 0. The summed E-state index contributed by atoms with van der Waals surface area (Å²) in [5.74, 6) is 2.47. The van der Waals surface area contributed by atoms with Crippen molar-refractivity contribution >= 4 is 5.78 Å². The molecule has 2 rings (SSSR count). The van der Waals surface area contributed by atoms with Gasteiger partial charge in [-0.05, 0) is 23.7 Å². The van der Waals surface area contributed by atoms with E-state index in [9.17, 15) is 4.79 Å². The molecule has 3 atom stereocenters. The molecule has 2 unspecified atom stereocenters. The van der Waals surface area contributed by atoms with Crippen LogP contribution in [0, 0.1) is 23.2 Å².